The Morgan fingerprint density at radius 1 is 0.786 bits per heavy atom. The number of methoxy groups -OCH3 is 2. The molecule has 0 aliphatic heterocycles. The van der Waals surface area contributed by atoms with Crippen LogP contribution in [0.2, 0.25) is 0 Å². The number of aromatic hydroxyl groups is 1. The van der Waals surface area contributed by atoms with Gasteiger partial charge in [-0.1, -0.05) is 36.4 Å². The maximum absolute atomic E-state index is 12.1. The number of benzene rings is 3. The van der Waals surface area contributed by atoms with Gasteiger partial charge in [0, 0.05) is 6.07 Å². The molecule has 0 aliphatic rings. The van der Waals surface area contributed by atoms with Gasteiger partial charge in [0.1, 0.15) is 28.6 Å². The minimum absolute atomic E-state index is 0.110. The average molecular weight is 376 g/mol. The quantitative estimate of drug-likeness (QED) is 0.380. The number of phenols is 1. The second-order valence-corrected chi connectivity index (χ2v) is 5.96. The van der Waals surface area contributed by atoms with Crippen molar-refractivity contribution in [3.63, 3.8) is 0 Å². The lowest BCUT2D eigenvalue weighted by Crippen LogP contribution is -2.08. The summed E-state index contributed by atoms with van der Waals surface area (Å²) in [7, 11) is 3.22. The van der Waals surface area contributed by atoms with E-state index in [9.17, 15) is 9.90 Å². The molecule has 0 bridgehead atoms. The molecule has 0 atom stereocenters. The summed E-state index contributed by atoms with van der Waals surface area (Å²) in [5, 5.41) is 9.73. The number of esters is 1. The highest BCUT2D eigenvalue weighted by Crippen LogP contribution is 2.24. The van der Waals surface area contributed by atoms with Crippen LogP contribution in [-0.2, 0) is 0 Å². The smallest absolute Gasteiger partial charge is 0.347 e. The average Bonchev–Trinajstić information content (AvgIpc) is 2.73. The molecule has 0 spiro atoms. The molecule has 3 aromatic rings. The highest BCUT2D eigenvalue weighted by molar-refractivity contribution is 5.93. The molecule has 3 aromatic carbocycles. The first kappa shape index (κ1) is 19.0. The lowest BCUT2D eigenvalue weighted by Gasteiger charge is -2.06. The fourth-order valence-corrected chi connectivity index (χ4v) is 2.57. The largest absolute Gasteiger partial charge is 0.507 e. The standard InChI is InChI=1S/C23H20O5/c1-26-19-13-17(14-20(15-19)27-2)8-7-16-9-11-18(12-10-16)28-23(25)21-5-3-4-6-22(21)24/h3-15,24H,1-2H3/b8-7+. The molecular formula is C23H20O5. The van der Waals surface area contributed by atoms with Crippen LogP contribution >= 0.6 is 0 Å². The summed E-state index contributed by atoms with van der Waals surface area (Å²) in [6, 6.07) is 18.9. The fourth-order valence-electron chi connectivity index (χ4n) is 2.57. The zero-order valence-electron chi connectivity index (χ0n) is 15.6. The minimum atomic E-state index is -0.607. The molecule has 5 nitrogen and oxygen atoms in total. The van der Waals surface area contributed by atoms with Crippen LogP contribution in [0.5, 0.6) is 23.0 Å². The third-order valence-electron chi connectivity index (χ3n) is 4.06. The summed E-state index contributed by atoms with van der Waals surface area (Å²) in [5.74, 6) is 1.11. The lowest BCUT2D eigenvalue weighted by molar-refractivity contribution is 0.0731. The fraction of sp³-hybridized carbons (Fsp3) is 0.0870. The van der Waals surface area contributed by atoms with Gasteiger partial charge in [0.2, 0.25) is 0 Å². The van der Waals surface area contributed by atoms with E-state index in [0.29, 0.717) is 17.2 Å². The third-order valence-corrected chi connectivity index (χ3v) is 4.06. The monoisotopic (exact) mass is 376 g/mol. The van der Waals surface area contributed by atoms with E-state index in [1.165, 1.54) is 12.1 Å². The summed E-state index contributed by atoms with van der Waals surface area (Å²) >= 11 is 0. The van der Waals surface area contributed by atoms with Gasteiger partial charge >= 0.3 is 5.97 Å². The Hall–Kier alpha value is -3.73. The lowest BCUT2D eigenvalue weighted by atomic mass is 10.1. The van der Waals surface area contributed by atoms with E-state index in [4.69, 9.17) is 14.2 Å². The highest BCUT2D eigenvalue weighted by Gasteiger charge is 2.12. The molecule has 0 heterocycles. The van der Waals surface area contributed by atoms with Crippen molar-refractivity contribution < 1.29 is 24.1 Å². The van der Waals surface area contributed by atoms with Crippen molar-refractivity contribution in [1.82, 2.24) is 0 Å². The zero-order valence-corrected chi connectivity index (χ0v) is 15.6. The van der Waals surface area contributed by atoms with E-state index in [0.717, 1.165) is 11.1 Å². The van der Waals surface area contributed by atoms with Gasteiger partial charge in [-0.2, -0.15) is 0 Å². The van der Waals surface area contributed by atoms with Gasteiger partial charge in [0.05, 0.1) is 14.2 Å². The maximum Gasteiger partial charge on any atom is 0.347 e. The van der Waals surface area contributed by atoms with Crippen molar-refractivity contribution in [2.24, 2.45) is 0 Å². The number of ether oxygens (including phenoxy) is 3. The number of hydrogen-bond acceptors (Lipinski definition) is 5. The molecule has 142 valence electrons. The van der Waals surface area contributed by atoms with Gasteiger partial charge in [-0.15, -0.1) is 0 Å². The number of phenolic OH excluding ortho intramolecular Hbond substituents is 1. The number of rotatable bonds is 6. The molecule has 1 N–H and O–H groups in total. The predicted octanol–water partition coefficient (Wildman–Crippen LogP) is 4.80. The zero-order chi connectivity index (χ0) is 19.9. The topological polar surface area (TPSA) is 65.0 Å². The summed E-state index contributed by atoms with van der Waals surface area (Å²) in [4.78, 5) is 12.1. The molecule has 0 aromatic heterocycles. The third kappa shape index (κ3) is 4.71. The molecule has 0 fully saturated rings. The van der Waals surface area contributed by atoms with Crippen LogP contribution in [0.1, 0.15) is 21.5 Å². The Morgan fingerprint density at radius 2 is 1.39 bits per heavy atom. The number of carbonyl (C=O) groups excluding carboxylic acids is 1. The first-order valence-corrected chi connectivity index (χ1v) is 8.60. The highest BCUT2D eigenvalue weighted by atomic mass is 16.5. The van der Waals surface area contributed by atoms with Crippen molar-refractivity contribution in [2.45, 2.75) is 0 Å². The van der Waals surface area contributed by atoms with Crippen LogP contribution in [-0.4, -0.2) is 25.3 Å². The van der Waals surface area contributed by atoms with E-state index < -0.39 is 5.97 Å². The van der Waals surface area contributed by atoms with Gasteiger partial charge in [-0.05, 0) is 47.5 Å². The van der Waals surface area contributed by atoms with E-state index in [-0.39, 0.29) is 11.3 Å². The Labute approximate surface area is 163 Å². The second kappa shape index (κ2) is 8.77. The Morgan fingerprint density at radius 3 is 2.00 bits per heavy atom. The Balaban J connectivity index is 1.70. The van der Waals surface area contributed by atoms with Gasteiger partial charge in [0.25, 0.3) is 0 Å². The van der Waals surface area contributed by atoms with Gasteiger partial charge in [-0.3, -0.25) is 0 Å². The van der Waals surface area contributed by atoms with Crippen LogP contribution < -0.4 is 14.2 Å². The molecule has 0 saturated heterocycles. The van der Waals surface area contributed by atoms with E-state index in [1.807, 2.05) is 42.5 Å². The molecule has 5 heteroatoms. The second-order valence-electron chi connectivity index (χ2n) is 5.96. The minimum Gasteiger partial charge on any atom is -0.507 e. The number of hydrogen-bond donors (Lipinski definition) is 1. The molecule has 0 amide bonds. The Kier molecular flexibility index (Phi) is 5.97. The molecule has 0 unspecified atom stereocenters. The number of para-hydroxylation sites is 1. The summed E-state index contributed by atoms with van der Waals surface area (Å²) in [6.45, 7) is 0. The van der Waals surface area contributed by atoms with Crippen molar-refractivity contribution in [1.29, 1.82) is 0 Å². The summed E-state index contributed by atoms with van der Waals surface area (Å²) in [5.41, 5.74) is 1.99. The van der Waals surface area contributed by atoms with Crippen molar-refractivity contribution in [3.8, 4) is 23.0 Å². The molecular weight excluding hydrogens is 356 g/mol. The maximum atomic E-state index is 12.1. The molecule has 28 heavy (non-hydrogen) atoms. The van der Waals surface area contributed by atoms with E-state index in [1.54, 1.807) is 38.5 Å². The number of carbonyl (C=O) groups is 1. The molecule has 3 rings (SSSR count). The van der Waals surface area contributed by atoms with Crippen LogP contribution in [0.3, 0.4) is 0 Å². The van der Waals surface area contributed by atoms with E-state index in [2.05, 4.69) is 0 Å². The van der Waals surface area contributed by atoms with Crippen LogP contribution in [0.4, 0.5) is 0 Å². The first-order valence-electron chi connectivity index (χ1n) is 8.60. The summed E-state index contributed by atoms with van der Waals surface area (Å²) < 4.78 is 15.8. The van der Waals surface area contributed by atoms with Gasteiger partial charge in [-0.25, -0.2) is 4.79 Å². The predicted molar refractivity (Wildman–Crippen MR) is 108 cm³/mol. The normalized spacial score (nSPS) is 10.6. The van der Waals surface area contributed by atoms with Crippen LogP contribution in [0, 0.1) is 0 Å². The van der Waals surface area contributed by atoms with E-state index >= 15 is 0 Å². The summed E-state index contributed by atoms with van der Waals surface area (Å²) in [6.07, 6.45) is 3.87. The first-order chi connectivity index (χ1) is 13.6. The van der Waals surface area contributed by atoms with Crippen LogP contribution in [0.25, 0.3) is 12.2 Å². The molecule has 0 saturated carbocycles. The van der Waals surface area contributed by atoms with Crippen LogP contribution in [0.15, 0.2) is 66.7 Å². The molecule has 0 aliphatic carbocycles. The van der Waals surface area contributed by atoms with Gasteiger partial charge in [0.15, 0.2) is 0 Å². The van der Waals surface area contributed by atoms with Crippen molar-refractivity contribution in [2.75, 3.05) is 14.2 Å². The van der Waals surface area contributed by atoms with Crippen molar-refractivity contribution >= 4 is 18.1 Å². The SMILES string of the molecule is COc1cc(/C=C/c2ccc(OC(=O)c3ccccc3O)cc2)cc(OC)c1. The molecule has 0 radical (unpaired) electrons. The van der Waals surface area contributed by atoms with Crippen molar-refractivity contribution in [3.05, 3.63) is 83.4 Å². The van der Waals surface area contributed by atoms with Gasteiger partial charge < -0.3 is 19.3 Å². The Bertz CT molecular complexity index is 968.